The summed E-state index contributed by atoms with van der Waals surface area (Å²) in [6.07, 6.45) is 3.08. The lowest BCUT2D eigenvalue weighted by Crippen LogP contribution is -2.46. The number of nitrogens with one attached hydrogen (secondary N) is 1. The van der Waals surface area contributed by atoms with Crippen LogP contribution in [-0.2, 0) is 4.79 Å². The maximum absolute atomic E-state index is 12.9. The highest BCUT2D eigenvalue weighted by Crippen LogP contribution is 2.25. The van der Waals surface area contributed by atoms with Gasteiger partial charge in [0.2, 0.25) is 5.91 Å². The van der Waals surface area contributed by atoms with Gasteiger partial charge in [0.05, 0.1) is 18.5 Å². The molecule has 0 radical (unpaired) electrons. The summed E-state index contributed by atoms with van der Waals surface area (Å²) >= 11 is 6.00. The molecule has 2 aromatic heterocycles. The fraction of sp³-hybridized carbons (Fsp3) is 0.286. The zero-order valence-electron chi connectivity index (χ0n) is 16.3. The van der Waals surface area contributed by atoms with Gasteiger partial charge in [0, 0.05) is 30.2 Å². The maximum Gasteiger partial charge on any atom is 0.272 e. The van der Waals surface area contributed by atoms with E-state index in [1.165, 1.54) is 0 Å². The van der Waals surface area contributed by atoms with Gasteiger partial charge in [-0.25, -0.2) is 4.68 Å². The molecule has 3 aromatic rings. The summed E-state index contributed by atoms with van der Waals surface area (Å²) in [6, 6.07) is 12.5. The van der Waals surface area contributed by atoms with E-state index in [0.29, 0.717) is 35.3 Å². The quantitative estimate of drug-likeness (QED) is 0.628. The number of halogens is 1. The Hall–Kier alpha value is -3.10. The number of piperidine rings is 1. The van der Waals surface area contributed by atoms with Crippen molar-refractivity contribution in [1.82, 2.24) is 20.0 Å². The van der Waals surface area contributed by atoms with Gasteiger partial charge in [-0.3, -0.25) is 14.5 Å². The van der Waals surface area contributed by atoms with Crippen molar-refractivity contribution < 1.29 is 14.0 Å². The molecule has 1 saturated heterocycles. The van der Waals surface area contributed by atoms with E-state index in [4.69, 9.17) is 21.8 Å². The molecule has 3 heterocycles. The molecule has 156 valence electrons. The van der Waals surface area contributed by atoms with Crippen molar-refractivity contribution in [1.29, 1.82) is 0 Å². The Morgan fingerprint density at radius 2 is 1.93 bits per heavy atom. The third-order valence-electron chi connectivity index (χ3n) is 5.09. The first-order chi connectivity index (χ1) is 14.5. The van der Waals surface area contributed by atoms with Crippen LogP contribution in [0.25, 0.3) is 17.1 Å². The summed E-state index contributed by atoms with van der Waals surface area (Å²) in [5.41, 5.74) is 6.99. The lowest BCUT2D eigenvalue weighted by atomic mass is 10.0. The lowest BCUT2D eigenvalue weighted by Gasteiger charge is -2.31. The van der Waals surface area contributed by atoms with Crippen LogP contribution in [0.3, 0.4) is 0 Å². The van der Waals surface area contributed by atoms with Gasteiger partial charge < -0.3 is 15.5 Å². The summed E-state index contributed by atoms with van der Waals surface area (Å²) in [5.74, 6) is 0.0239. The minimum atomic E-state index is -0.337. The number of aromatic nitrogens is 2. The molecule has 0 atom stereocenters. The van der Waals surface area contributed by atoms with Crippen LogP contribution in [0.4, 0.5) is 0 Å². The van der Waals surface area contributed by atoms with Gasteiger partial charge in [-0.15, -0.1) is 0 Å². The first-order valence-electron chi connectivity index (χ1n) is 9.71. The van der Waals surface area contributed by atoms with Gasteiger partial charge in [-0.05, 0) is 49.2 Å². The number of carbonyl (C=O) groups excluding carboxylic acids is 2. The Labute approximate surface area is 178 Å². The Morgan fingerprint density at radius 1 is 1.20 bits per heavy atom. The van der Waals surface area contributed by atoms with Gasteiger partial charge in [-0.2, -0.15) is 5.10 Å². The Bertz CT molecular complexity index is 1020. The topological polar surface area (TPSA) is 106 Å². The Kier molecular flexibility index (Phi) is 5.87. The molecule has 8 nitrogen and oxygen atoms in total. The van der Waals surface area contributed by atoms with Crippen molar-refractivity contribution >= 4 is 23.4 Å². The molecule has 0 aliphatic carbocycles. The number of hydrogen-bond acceptors (Lipinski definition) is 5. The van der Waals surface area contributed by atoms with Crippen LogP contribution in [0.1, 0.15) is 23.3 Å². The van der Waals surface area contributed by atoms with Crippen molar-refractivity contribution in [2.24, 2.45) is 5.73 Å². The number of likely N-dealkylation sites (tertiary alicyclic amines) is 1. The number of rotatable bonds is 6. The molecule has 1 aromatic carbocycles. The van der Waals surface area contributed by atoms with E-state index in [2.05, 4.69) is 10.4 Å². The van der Waals surface area contributed by atoms with Crippen molar-refractivity contribution in [3.63, 3.8) is 0 Å². The van der Waals surface area contributed by atoms with E-state index in [9.17, 15) is 9.59 Å². The molecule has 3 N–H and O–H groups in total. The standard InChI is InChI=1S/C21H22ClN5O3/c22-14-3-5-16(6-4-14)27-18(19-2-1-11-30-19)12-17(25-27)21(29)24-15-7-9-26(10-8-15)13-20(23)28/h1-6,11-12,15H,7-10,13H2,(H2,23,28)(H,24,29). The van der Waals surface area contributed by atoms with E-state index in [0.717, 1.165) is 18.5 Å². The van der Waals surface area contributed by atoms with E-state index in [-0.39, 0.29) is 24.4 Å². The van der Waals surface area contributed by atoms with Gasteiger partial charge in [0.15, 0.2) is 11.5 Å². The van der Waals surface area contributed by atoms with E-state index in [1.807, 2.05) is 23.1 Å². The number of furan rings is 1. The fourth-order valence-corrected chi connectivity index (χ4v) is 3.71. The van der Waals surface area contributed by atoms with Gasteiger partial charge >= 0.3 is 0 Å². The molecular formula is C21H22ClN5O3. The summed E-state index contributed by atoms with van der Waals surface area (Å²) in [5, 5.41) is 8.18. The summed E-state index contributed by atoms with van der Waals surface area (Å²) in [4.78, 5) is 25.9. The molecule has 2 amide bonds. The molecular weight excluding hydrogens is 406 g/mol. The monoisotopic (exact) mass is 427 g/mol. The molecule has 0 saturated carbocycles. The molecule has 0 unspecified atom stereocenters. The minimum Gasteiger partial charge on any atom is -0.463 e. The average Bonchev–Trinajstić information content (AvgIpc) is 3.39. The molecule has 1 aliphatic rings. The van der Waals surface area contributed by atoms with Gasteiger partial charge in [0.1, 0.15) is 5.69 Å². The summed E-state index contributed by atoms with van der Waals surface area (Å²) in [6.45, 7) is 1.67. The highest BCUT2D eigenvalue weighted by molar-refractivity contribution is 6.30. The first kappa shape index (κ1) is 20.2. The number of amides is 2. The predicted octanol–water partition coefficient (Wildman–Crippen LogP) is 2.47. The zero-order chi connectivity index (χ0) is 21.1. The molecule has 0 bridgehead atoms. The summed E-state index contributed by atoms with van der Waals surface area (Å²) < 4.78 is 7.20. The molecule has 1 aliphatic heterocycles. The Morgan fingerprint density at radius 3 is 2.57 bits per heavy atom. The third-order valence-corrected chi connectivity index (χ3v) is 5.34. The number of carbonyl (C=O) groups is 2. The fourth-order valence-electron chi connectivity index (χ4n) is 3.59. The highest BCUT2D eigenvalue weighted by Gasteiger charge is 2.24. The Balaban J connectivity index is 1.51. The van der Waals surface area contributed by atoms with Crippen molar-refractivity contribution in [2.75, 3.05) is 19.6 Å². The predicted molar refractivity (Wildman–Crippen MR) is 112 cm³/mol. The number of nitrogens with two attached hydrogens (primary N) is 1. The van der Waals surface area contributed by atoms with E-state index >= 15 is 0 Å². The van der Waals surface area contributed by atoms with Crippen molar-refractivity contribution in [2.45, 2.75) is 18.9 Å². The van der Waals surface area contributed by atoms with Crippen molar-refractivity contribution in [3.8, 4) is 17.1 Å². The molecule has 4 rings (SSSR count). The van der Waals surface area contributed by atoms with Gasteiger partial charge in [-0.1, -0.05) is 11.6 Å². The second kappa shape index (κ2) is 8.73. The third kappa shape index (κ3) is 4.55. The average molecular weight is 428 g/mol. The van der Waals surface area contributed by atoms with Crippen LogP contribution < -0.4 is 11.1 Å². The van der Waals surface area contributed by atoms with Crippen LogP contribution in [0.5, 0.6) is 0 Å². The number of nitrogens with zero attached hydrogens (tertiary/aromatic N) is 3. The summed E-state index contributed by atoms with van der Waals surface area (Å²) in [7, 11) is 0. The van der Waals surface area contributed by atoms with E-state index < -0.39 is 0 Å². The second-order valence-corrected chi connectivity index (χ2v) is 7.71. The normalized spacial score (nSPS) is 15.2. The van der Waals surface area contributed by atoms with Gasteiger partial charge in [0.25, 0.3) is 5.91 Å². The van der Waals surface area contributed by atoms with Crippen LogP contribution in [0, 0.1) is 0 Å². The number of benzene rings is 1. The molecule has 30 heavy (non-hydrogen) atoms. The first-order valence-corrected chi connectivity index (χ1v) is 10.1. The molecule has 0 spiro atoms. The second-order valence-electron chi connectivity index (χ2n) is 7.27. The number of hydrogen-bond donors (Lipinski definition) is 2. The SMILES string of the molecule is NC(=O)CN1CCC(NC(=O)c2cc(-c3ccco3)n(-c3ccc(Cl)cc3)n2)CC1. The van der Waals surface area contributed by atoms with Crippen LogP contribution in [-0.4, -0.2) is 52.2 Å². The number of primary amides is 1. The smallest absolute Gasteiger partial charge is 0.272 e. The minimum absolute atomic E-state index is 0.0226. The molecule has 9 heteroatoms. The molecule has 1 fully saturated rings. The van der Waals surface area contributed by atoms with Crippen LogP contribution >= 0.6 is 11.6 Å². The van der Waals surface area contributed by atoms with E-state index in [1.54, 1.807) is 35.2 Å². The van der Waals surface area contributed by atoms with Crippen molar-refractivity contribution in [3.05, 3.63) is 59.4 Å². The lowest BCUT2D eigenvalue weighted by molar-refractivity contribution is -0.119. The maximum atomic E-state index is 12.9. The van der Waals surface area contributed by atoms with Crippen LogP contribution in [0.15, 0.2) is 53.1 Å². The zero-order valence-corrected chi connectivity index (χ0v) is 17.0. The highest BCUT2D eigenvalue weighted by atomic mass is 35.5. The largest absolute Gasteiger partial charge is 0.463 e. The van der Waals surface area contributed by atoms with Crippen LogP contribution in [0.2, 0.25) is 5.02 Å².